The molecule has 3 heterocycles. The molecule has 0 aliphatic carbocycles. The van der Waals surface area contributed by atoms with Crippen LogP contribution in [0.15, 0.2) is 42.7 Å². The topological polar surface area (TPSA) is 54.9 Å². The van der Waals surface area contributed by atoms with Gasteiger partial charge in [0.15, 0.2) is 11.5 Å². The maximum Gasteiger partial charge on any atom is 0.253 e. The number of pyridine rings is 1. The third-order valence-electron chi connectivity index (χ3n) is 6.75. The molecule has 6 heteroatoms. The quantitative estimate of drug-likeness (QED) is 0.578. The van der Waals surface area contributed by atoms with E-state index in [1.165, 1.54) is 45.3 Å². The van der Waals surface area contributed by atoms with Gasteiger partial charge in [0.25, 0.3) is 5.91 Å². The highest BCUT2D eigenvalue weighted by atomic mass is 16.5. The van der Waals surface area contributed by atoms with Crippen molar-refractivity contribution in [1.82, 2.24) is 14.8 Å². The Kier molecular flexibility index (Phi) is 8.59. The monoisotopic (exact) mass is 451 g/mol. The van der Waals surface area contributed by atoms with Gasteiger partial charge in [-0.15, -0.1) is 0 Å². The van der Waals surface area contributed by atoms with E-state index in [4.69, 9.17) is 9.47 Å². The Morgan fingerprint density at radius 3 is 2.36 bits per heavy atom. The number of amides is 1. The molecule has 0 radical (unpaired) electrons. The number of piperidine rings is 1. The summed E-state index contributed by atoms with van der Waals surface area (Å²) >= 11 is 0. The molecule has 1 amide bonds. The van der Waals surface area contributed by atoms with Gasteiger partial charge >= 0.3 is 0 Å². The highest BCUT2D eigenvalue weighted by Gasteiger charge is 2.26. The summed E-state index contributed by atoms with van der Waals surface area (Å²) in [6.07, 6.45) is 11.1. The Morgan fingerprint density at radius 1 is 0.939 bits per heavy atom. The van der Waals surface area contributed by atoms with E-state index in [0.717, 1.165) is 31.5 Å². The molecule has 2 fully saturated rings. The van der Waals surface area contributed by atoms with Crippen LogP contribution in [0.25, 0.3) is 0 Å². The maximum absolute atomic E-state index is 13.2. The van der Waals surface area contributed by atoms with Crippen LogP contribution in [0.5, 0.6) is 11.5 Å². The van der Waals surface area contributed by atoms with Crippen molar-refractivity contribution >= 4 is 5.91 Å². The van der Waals surface area contributed by atoms with Crippen LogP contribution < -0.4 is 9.47 Å². The van der Waals surface area contributed by atoms with Crippen LogP contribution in [0.1, 0.15) is 61.4 Å². The number of hydrogen-bond acceptors (Lipinski definition) is 5. The third-order valence-corrected chi connectivity index (χ3v) is 6.75. The van der Waals surface area contributed by atoms with Crippen LogP contribution in [0, 0.1) is 5.92 Å². The van der Waals surface area contributed by atoms with Gasteiger partial charge in [0.05, 0.1) is 6.61 Å². The molecule has 33 heavy (non-hydrogen) atoms. The van der Waals surface area contributed by atoms with E-state index in [-0.39, 0.29) is 5.91 Å². The average molecular weight is 452 g/mol. The van der Waals surface area contributed by atoms with Crippen molar-refractivity contribution in [2.24, 2.45) is 5.92 Å². The Labute approximate surface area is 197 Å². The second-order valence-electron chi connectivity index (χ2n) is 9.19. The average Bonchev–Trinajstić information content (AvgIpc) is 3.13. The zero-order chi connectivity index (χ0) is 22.9. The second-order valence-corrected chi connectivity index (χ2v) is 9.19. The van der Waals surface area contributed by atoms with E-state index >= 15 is 0 Å². The largest absolute Gasteiger partial charge is 0.490 e. The highest BCUT2D eigenvalue weighted by Crippen LogP contribution is 2.30. The molecule has 1 aromatic heterocycles. The van der Waals surface area contributed by atoms with Gasteiger partial charge in [0.2, 0.25) is 0 Å². The number of hydrogen-bond donors (Lipinski definition) is 0. The van der Waals surface area contributed by atoms with Gasteiger partial charge in [-0.05, 0) is 87.5 Å². The number of rotatable bonds is 8. The molecule has 0 saturated carbocycles. The predicted octanol–water partition coefficient (Wildman–Crippen LogP) is 4.79. The maximum atomic E-state index is 13.2. The molecular weight excluding hydrogens is 414 g/mol. The van der Waals surface area contributed by atoms with E-state index in [1.807, 2.05) is 42.2 Å². The number of carbonyl (C=O) groups excluding carboxylic acids is 1. The first-order valence-corrected chi connectivity index (χ1v) is 12.5. The molecule has 0 spiro atoms. The summed E-state index contributed by atoms with van der Waals surface area (Å²) in [6, 6.07) is 9.39. The summed E-state index contributed by atoms with van der Waals surface area (Å²) in [5.41, 5.74) is 1.70. The van der Waals surface area contributed by atoms with Crippen molar-refractivity contribution in [1.29, 1.82) is 0 Å². The van der Waals surface area contributed by atoms with Crippen molar-refractivity contribution in [2.45, 2.75) is 52.1 Å². The Hall–Kier alpha value is -2.60. The number of carbonyl (C=O) groups is 1. The van der Waals surface area contributed by atoms with Crippen molar-refractivity contribution in [3.05, 3.63) is 53.9 Å². The van der Waals surface area contributed by atoms with Crippen molar-refractivity contribution in [3.63, 3.8) is 0 Å². The van der Waals surface area contributed by atoms with Crippen LogP contribution in [0.4, 0.5) is 0 Å². The molecule has 2 saturated heterocycles. The lowest BCUT2D eigenvalue weighted by molar-refractivity contribution is 0.0667. The Morgan fingerprint density at radius 2 is 1.67 bits per heavy atom. The first-order chi connectivity index (χ1) is 16.2. The zero-order valence-electron chi connectivity index (χ0n) is 19.9. The highest BCUT2D eigenvalue weighted by molar-refractivity contribution is 5.95. The summed E-state index contributed by atoms with van der Waals surface area (Å²) in [6.45, 7) is 8.24. The lowest BCUT2D eigenvalue weighted by atomic mass is 9.95. The molecule has 2 aliphatic heterocycles. The minimum Gasteiger partial charge on any atom is -0.490 e. The van der Waals surface area contributed by atoms with Crippen LogP contribution in [0.3, 0.4) is 0 Å². The summed E-state index contributed by atoms with van der Waals surface area (Å²) in [5, 5.41) is 0. The van der Waals surface area contributed by atoms with Crippen LogP contribution in [0.2, 0.25) is 0 Å². The number of aromatic nitrogens is 1. The fraction of sp³-hybridized carbons (Fsp3) is 0.556. The minimum absolute atomic E-state index is 0.0878. The molecule has 0 atom stereocenters. The van der Waals surface area contributed by atoms with E-state index < -0.39 is 0 Å². The summed E-state index contributed by atoms with van der Waals surface area (Å²) in [7, 11) is 0. The summed E-state index contributed by atoms with van der Waals surface area (Å²) < 4.78 is 11.8. The van der Waals surface area contributed by atoms with Gasteiger partial charge in [0, 0.05) is 37.6 Å². The lowest BCUT2D eigenvalue weighted by Gasteiger charge is -2.34. The zero-order valence-corrected chi connectivity index (χ0v) is 19.9. The number of ether oxygens (including phenoxy) is 2. The second kappa shape index (κ2) is 12.0. The van der Waals surface area contributed by atoms with E-state index in [0.29, 0.717) is 36.2 Å². The molecule has 6 nitrogen and oxygen atoms in total. The van der Waals surface area contributed by atoms with Gasteiger partial charge in [0.1, 0.15) is 6.61 Å². The third kappa shape index (κ3) is 6.70. The van der Waals surface area contributed by atoms with Crippen molar-refractivity contribution in [3.8, 4) is 11.5 Å². The van der Waals surface area contributed by atoms with Gasteiger partial charge in [-0.2, -0.15) is 0 Å². The Balaban J connectivity index is 1.33. The molecule has 1 aromatic carbocycles. The smallest absolute Gasteiger partial charge is 0.253 e. The first kappa shape index (κ1) is 23.6. The van der Waals surface area contributed by atoms with E-state index in [2.05, 4.69) is 9.88 Å². The molecule has 0 unspecified atom stereocenters. The molecule has 0 bridgehead atoms. The van der Waals surface area contributed by atoms with Crippen LogP contribution in [-0.4, -0.2) is 60.0 Å². The molecule has 178 valence electrons. The fourth-order valence-corrected chi connectivity index (χ4v) is 4.85. The molecule has 2 aliphatic rings. The van der Waals surface area contributed by atoms with Crippen LogP contribution in [-0.2, 0) is 6.61 Å². The van der Waals surface area contributed by atoms with Gasteiger partial charge in [-0.1, -0.05) is 12.8 Å². The summed E-state index contributed by atoms with van der Waals surface area (Å²) in [5.74, 6) is 2.06. The molecular formula is C27H37N3O3. The number of nitrogens with zero attached hydrogens (tertiary/aromatic N) is 3. The lowest BCUT2D eigenvalue weighted by Crippen LogP contribution is -2.41. The number of likely N-dealkylation sites (tertiary alicyclic amines) is 2. The predicted molar refractivity (Wildman–Crippen MR) is 130 cm³/mol. The van der Waals surface area contributed by atoms with Crippen molar-refractivity contribution < 1.29 is 14.3 Å². The van der Waals surface area contributed by atoms with Gasteiger partial charge < -0.3 is 19.3 Å². The van der Waals surface area contributed by atoms with Gasteiger partial charge in [-0.25, -0.2) is 0 Å². The normalized spacial score (nSPS) is 18.0. The molecule has 4 rings (SSSR count). The summed E-state index contributed by atoms with van der Waals surface area (Å²) in [4.78, 5) is 21.9. The standard InChI is InChI=1S/C27H37N3O3/c1-2-32-26-19-24(7-8-25(26)33-21-23-9-13-28-14-10-23)27(31)30-17-11-22(12-18-30)20-29-15-5-3-4-6-16-29/h7-10,13-14,19,22H,2-6,11-12,15-18,20-21H2,1H3. The SMILES string of the molecule is CCOc1cc(C(=O)N2CCC(CN3CCCCCC3)CC2)ccc1OCc1ccncc1. The molecule has 0 N–H and O–H groups in total. The van der Waals surface area contributed by atoms with E-state index in [9.17, 15) is 4.79 Å². The number of benzene rings is 1. The fourth-order valence-electron chi connectivity index (χ4n) is 4.85. The minimum atomic E-state index is 0.0878. The Bertz CT molecular complexity index is 873. The van der Waals surface area contributed by atoms with Crippen LogP contribution >= 0.6 is 0 Å². The van der Waals surface area contributed by atoms with Crippen molar-refractivity contribution in [2.75, 3.05) is 39.3 Å². The molecule has 2 aromatic rings. The van der Waals surface area contributed by atoms with Gasteiger partial charge in [-0.3, -0.25) is 9.78 Å². The first-order valence-electron chi connectivity index (χ1n) is 12.5. The van der Waals surface area contributed by atoms with E-state index in [1.54, 1.807) is 12.4 Å².